The number of anilines is 1. The molecule has 0 aliphatic carbocycles. The van der Waals surface area contributed by atoms with Crippen LogP contribution in [-0.4, -0.2) is 23.1 Å². The zero-order valence-corrected chi connectivity index (χ0v) is 13.9. The topological polar surface area (TPSA) is 89.2 Å². The molecule has 0 atom stereocenters. The van der Waals surface area contributed by atoms with Gasteiger partial charge in [0.05, 0.1) is 21.8 Å². The molecule has 2 aromatic carbocycles. The number of nitrogens with two attached hydrogens (primary N) is 1. The SMILES string of the molecule is NC(=O)Nc1ccc(-n2c3c(c4ccccc42)C(=O)NCC3)c(Cl)c1. The Balaban J connectivity index is 1.96. The van der Waals surface area contributed by atoms with E-state index in [1.807, 2.05) is 34.9 Å². The van der Waals surface area contributed by atoms with Crippen molar-refractivity contribution >= 4 is 40.1 Å². The normalized spacial score (nSPS) is 13.4. The third kappa shape index (κ3) is 2.51. The summed E-state index contributed by atoms with van der Waals surface area (Å²) in [7, 11) is 0. The van der Waals surface area contributed by atoms with E-state index in [9.17, 15) is 9.59 Å². The molecular formula is C18H15ClN4O2. The van der Waals surface area contributed by atoms with Crippen LogP contribution in [0.25, 0.3) is 16.6 Å². The van der Waals surface area contributed by atoms with E-state index < -0.39 is 6.03 Å². The lowest BCUT2D eigenvalue weighted by Gasteiger charge is -2.18. The number of nitrogens with one attached hydrogen (secondary N) is 2. The molecule has 4 N–H and O–H groups in total. The fourth-order valence-corrected chi connectivity index (χ4v) is 3.61. The van der Waals surface area contributed by atoms with Gasteiger partial charge in [-0.2, -0.15) is 0 Å². The van der Waals surface area contributed by atoms with Crippen molar-refractivity contribution in [3.8, 4) is 5.69 Å². The standard InChI is InChI=1S/C18H15ClN4O2/c19-12-9-10(22-18(20)25)5-6-14(12)23-13-4-2-1-3-11(13)16-15(23)7-8-21-17(16)24/h1-6,9H,7-8H2,(H,21,24)(H3,20,22,25). The molecule has 2 heterocycles. The van der Waals surface area contributed by atoms with Crippen LogP contribution >= 0.6 is 11.6 Å². The molecule has 4 rings (SSSR count). The average Bonchev–Trinajstić information content (AvgIpc) is 2.90. The van der Waals surface area contributed by atoms with Crippen LogP contribution in [0, 0.1) is 0 Å². The fourth-order valence-electron chi connectivity index (χ4n) is 3.35. The number of aromatic nitrogens is 1. The van der Waals surface area contributed by atoms with Crippen molar-refractivity contribution in [1.29, 1.82) is 0 Å². The number of amides is 3. The Kier molecular flexibility index (Phi) is 3.62. The van der Waals surface area contributed by atoms with Crippen LogP contribution in [0.2, 0.25) is 5.02 Å². The Morgan fingerprint density at radius 2 is 2.04 bits per heavy atom. The van der Waals surface area contributed by atoms with Gasteiger partial charge in [0.1, 0.15) is 0 Å². The number of primary amides is 1. The van der Waals surface area contributed by atoms with E-state index in [0.29, 0.717) is 29.2 Å². The van der Waals surface area contributed by atoms with Crippen LogP contribution in [0.4, 0.5) is 10.5 Å². The zero-order chi connectivity index (χ0) is 17.6. The number of halogens is 1. The summed E-state index contributed by atoms with van der Waals surface area (Å²) >= 11 is 6.47. The maximum Gasteiger partial charge on any atom is 0.316 e. The Morgan fingerprint density at radius 1 is 1.24 bits per heavy atom. The van der Waals surface area contributed by atoms with Crippen molar-refractivity contribution in [2.75, 3.05) is 11.9 Å². The van der Waals surface area contributed by atoms with Crippen molar-refractivity contribution < 1.29 is 9.59 Å². The molecular weight excluding hydrogens is 340 g/mol. The van der Waals surface area contributed by atoms with E-state index in [0.717, 1.165) is 22.3 Å². The van der Waals surface area contributed by atoms with Crippen molar-refractivity contribution in [2.45, 2.75) is 6.42 Å². The number of carbonyl (C=O) groups excluding carboxylic acids is 2. The Morgan fingerprint density at radius 3 is 2.80 bits per heavy atom. The Labute approximate surface area is 148 Å². The summed E-state index contributed by atoms with van der Waals surface area (Å²) in [5, 5.41) is 6.75. The van der Waals surface area contributed by atoms with Gasteiger partial charge in [0.2, 0.25) is 0 Å². The minimum absolute atomic E-state index is 0.0701. The van der Waals surface area contributed by atoms with Crippen molar-refractivity contribution in [2.24, 2.45) is 5.73 Å². The maximum absolute atomic E-state index is 12.4. The molecule has 0 radical (unpaired) electrons. The van der Waals surface area contributed by atoms with Gasteiger partial charge in [0, 0.05) is 29.7 Å². The van der Waals surface area contributed by atoms with Crippen LogP contribution in [-0.2, 0) is 6.42 Å². The highest BCUT2D eigenvalue weighted by Gasteiger charge is 2.26. The highest BCUT2D eigenvalue weighted by atomic mass is 35.5. The van der Waals surface area contributed by atoms with E-state index in [1.54, 1.807) is 12.1 Å². The summed E-state index contributed by atoms with van der Waals surface area (Å²) in [4.78, 5) is 23.4. The van der Waals surface area contributed by atoms with Gasteiger partial charge in [-0.15, -0.1) is 0 Å². The smallest absolute Gasteiger partial charge is 0.316 e. The molecule has 0 saturated heterocycles. The molecule has 7 heteroatoms. The van der Waals surface area contributed by atoms with Crippen LogP contribution < -0.4 is 16.4 Å². The van der Waals surface area contributed by atoms with Gasteiger partial charge in [-0.1, -0.05) is 29.8 Å². The van der Waals surface area contributed by atoms with Gasteiger partial charge in [0.25, 0.3) is 5.91 Å². The first kappa shape index (κ1) is 15.5. The Bertz CT molecular complexity index is 1030. The summed E-state index contributed by atoms with van der Waals surface area (Å²) in [5.74, 6) is -0.0701. The second kappa shape index (κ2) is 5.82. The van der Waals surface area contributed by atoms with Gasteiger partial charge in [-0.25, -0.2) is 4.79 Å². The van der Waals surface area contributed by atoms with Crippen LogP contribution in [0.1, 0.15) is 16.1 Å². The van der Waals surface area contributed by atoms with E-state index >= 15 is 0 Å². The summed E-state index contributed by atoms with van der Waals surface area (Å²) in [6.07, 6.45) is 0.716. The van der Waals surface area contributed by atoms with Gasteiger partial charge in [0.15, 0.2) is 0 Å². The number of rotatable bonds is 2. The average molecular weight is 355 g/mol. The third-order valence-electron chi connectivity index (χ3n) is 4.30. The predicted octanol–water partition coefficient (Wildman–Crippen LogP) is 3.06. The van der Waals surface area contributed by atoms with E-state index in [-0.39, 0.29) is 5.91 Å². The van der Waals surface area contributed by atoms with Crippen LogP contribution in [0.5, 0.6) is 0 Å². The summed E-state index contributed by atoms with van der Waals surface area (Å²) in [6, 6.07) is 12.3. The highest BCUT2D eigenvalue weighted by molar-refractivity contribution is 6.33. The van der Waals surface area contributed by atoms with Crippen LogP contribution in [0.3, 0.4) is 0 Å². The molecule has 0 spiro atoms. The first-order valence-electron chi connectivity index (χ1n) is 7.83. The summed E-state index contributed by atoms with van der Waals surface area (Å²) < 4.78 is 2.01. The maximum atomic E-state index is 12.4. The molecule has 0 bridgehead atoms. The van der Waals surface area contributed by atoms with Gasteiger partial charge >= 0.3 is 6.03 Å². The van der Waals surface area contributed by atoms with Gasteiger partial charge < -0.3 is 20.9 Å². The molecule has 1 aliphatic heterocycles. The quantitative estimate of drug-likeness (QED) is 0.660. The lowest BCUT2D eigenvalue weighted by atomic mass is 10.1. The first-order valence-corrected chi connectivity index (χ1v) is 8.21. The van der Waals surface area contributed by atoms with Crippen LogP contribution in [0.15, 0.2) is 42.5 Å². The number of hydrogen-bond acceptors (Lipinski definition) is 2. The number of carbonyl (C=O) groups is 2. The Hall–Kier alpha value is -2.99. The van der Waals surface area contributed by atoms with Crippen molar-refractivity contribution in [3.05, 3.63) is 58.7 Å². The number of benzene rings is 2. The predicted molar refractivity (Wildman–Crippen MR) is 97.5 cm³/mol. The number of hydrogen-bond donors (Lipinski definition) is 3. The molecule has 1 aromatic heterocycles. The van der Waals surface area contributed by atoms with E-state index in [4.69, 9.17) is 17.3 Å². The molecule has 0 unspecified atom stereocenters. The monoisotopic (exact) mass is 354 g/mol. The van der Waals surface area contributed by atoms with E-state index in [2.05, 4.69) is 10.6 Å². The number of nitrogens with zero attached hydrogens (tertiary/aromatic N) is 1. The first-order chi connectivity index (χ1) is 12.1. The lowest BCUT2D eigenvalue weighted by Crippen LogP contribution is -2.32. The lowest BCUT2D eigenvalue weighted by molar-refractivity contribution is 0.0947. The minimum atomic E-state index is -0.649. The molecule has 3 amide bonds. The zero-order valence-electron chi connectivity index (χ0n) is 13.2. The van der Waals surface area contributed by atoms with Gasteiger partial charge in [-0.3, -0.25) is 4.79 Å². The molecule has 3 aromatic rings. The number of urea groups is 1. The summed E-state index contributed by atoms with van der Waals surface area (Å²) in [5.41, 5.74) is 8.96. The molecule has 0 fully saturated rings. The van der Waals surface area contributed by atoms with Gasteiger partial charge in [-0.05, 0) is 24.3 Å². The largest absolute Gasteiger partial charge is 0.352 e. The molecule has 1 aliphatic rings. The molecule has 25 heavy (non-hydrogen) atoms. The van der Waals surface area contributed by atoms with E-state index in [1.165, 1.54) is 0 Å². The van der Waals surface area contributed by atoms with Crippen molar-refractivity contribution in [3.63, 3.8) is 0 Å². The minimum Gasteiger partial charge on any atom is -0.352 e. The fraction of sp³-hybridized carbons (Fsp3) is 0.111. The van der Waals surface area contributed by atoms with Crippen molar-refractivity contribution in [1.82, 2.24) is 9.88 Å². The second-order valence-corrected chi connectivity index (χ2v) is 6.24. The molecule has 126 valence electrons. The number of fused-ring (bicyclic) bond motifs is 3. The third-order valence-corrected chi connectivity index (χ3v) is 4.61. The second-order valence-electron chi connectivity index (χ2n) is 5.84. The molecule has 6 nitrogen and oxygen atoms in total. The highest BCUT2D eigenvalue weighted by Crippen LogP contribution is 2.34. The number of para-hydroxylation sites is 1. The molecule has 0 saturated carbocycles. The summed E-state index contributed by atoms with van der Waals surface area (Å²) in [6.45, 7) is 0.584.